The lowest BCUT2D eigenvalue weighted by Gasteiger charge is -2.45. The van der Waals surface area contributed by atoms with Crippen molar-refractivity contribution in [3.05, 3.63) is 121 Å². The SMILES string of the molecule is CC(C)(C)[Si](O[C@@H]1CN2C[C@H](O[Si](c3ccccc3)(c3ccccc3)C(C)(C)C)C[C@]2(CO)C1)(c1ccccc1)c1ccccc1. The molecule has 0 unspecified atom stereocenters. The molecule has 0 amide bonds. The predicted octanol–water partition coefficient (Wildman–Crippen LogP) is 5.72. The van der Waals surface area contributed by atoms with Crippen LogP contribution < -0.4 is 20.7 Å². The zero-order chi connectivity index (χ0) is 32.6. The van der Waals surface area contributed by atoms with Crippen molar-refractivity contribution >= 4 is 37.4 Å². The Kier molecular flexibility index (Phi) is 9.09. The summed E-state index contributed by atoms with van der Waals surface area (Å²) in [5, 5.41) is 16.1. The number of aliphatic hydroxyl groups excluding tert-OH is 1. The molecule has 2 aliphatic rings. The fourth-order valence-corrected chi connectivity index (χ4v) is 17.9. The zero-order valence-electron chi connectivity index (χ0n) is 28.4. The highest BCUT2D eigenvalue weighted by Gasteiger charge is 2.59. The maximum Gasteiger partial charge on any atom is 0.261 e. The third kappa shape index (κ3) is 5.67. The summed E-state index contributed by atoms with van der Waals surface area (Å²) < 4.78 is 15.2. The van der Waals surface area contributed by atoms with E-state index in [9.17, 15) is 5.11 Å². The van der Waals surface area contributed by atoms with E-state index in [0.29, 0.717) is 0 Å². The summed E-state index contributed by atoms with van der Waals surface area (Å²) in [7, 11) is -5.42. The Morgan fingerprint density at radius 2 is 0.848 bits per heavy atom. The number of rotatable bonds is 9. The van der Waals surface area contributed by atoms with Crippen LogP contribution in [0.4, 0.5) is 0 Å². The Bertz CT molecular complexity index is 1380. The third-order valence-electron chi connectivity index (χ3n) is 10.5. The van der Waals surface area contributed by atoms with Gasteiger partial charge >= 0.3 is 0 Å². The Labute approximate surface area is 278 Å². The topological polar surface area (TPSA) is 41.9 Å². The molecule has 4 aromatic rings. The van der Waals surface area contributed by atoms with Crippen LogP contribution in [0.1, 0.15) is 54.4 Å². The first-order valence-electron chi connectivity index (χ1n) is 16.9. The van der Waals surface area contributed by atoms with Gasteiger partial charge in [0.1, 0.15) is 0 Å². The van der Waals surface area contributed by atoms with Crippen LogP contribution >= 0.6 is 0 Å². The van der Waals surface area contributed by atoms with Gasteiger partial charge in [-0.3, -0.25) is 4.90 Å². The summed E-state index contributed by atoms with van der Waals surface area (Å²) in [6.45, 7) is 15.7. The number of hydrogen-bond acceptors (Lipinski definition) is 4. The molecule has 2 aliphatic heterocycles. The average Bonchev–Trinajstić information content (AvgIpc) is 3.56. The van der Waals surface area contributed by atoms with Crippen molar-refractivity contribution in [3.63, 3.8) is 0 Å². The molecule has 0 spiro atoms. The van der Waals surface area contributed by atoms with Gasteiger partial charge in [-0.15, -0.1) is 0 Å². The molecule has 2 saturated heterocycles. The monoisotopic (exact) mass is 649 g/mol. The van der Waals surface area contributed by atoms with Crippen LogP contribution in [0.15, 0.2) is 121 Å². The number of aliphatic hydroxyl groups is 1. The van der Waals surface area contributed by atoms with Crippen molar-refractivity contribution < 1.29 is 14.0 Å². The van der Waals surface area contributed by atoms with Gasteiger partial charge in [0.2, 0.25) is 0 Å². The van der Waals surface area contributed by atoms with Gasteiger partial charge in [0.05, 0.1) is 18.8 Å². The van der Waals surface area contributed by atoms with Gasteiger partial charge in [-0.2, -0.15) is 0 Å². The van der Waals surface area contributed by atoms with Crippen LogP contribution in [0.3, 0.4) is 0 Å². The van der Waals surface area contributed by atoms with Crippen molar-refractivity contribution in [2.45, 2.75) is 82.2 Å². The van der Waals surface area contributed by atoms with E-state index in [0.717, 1.165) is 25.9 Å². The lowest BCUT2D eigenvalue weighted by atomic mass is 9.94. The standard InChI is InChI=1S/C40H51NO3Si2/c1-38(2,3)45(34-19-11-7-12-20-34,35-21-13-8-14-22-35)43-32-27-40(31-42)28-33(30-41(40)29-32)44-46(39(4,5)6,36-23-15-9-16-24-36)37-25-17-10-18-26-37/h7-26,32-33,42H,27-31H2,1-6H3/t32-,33+,40-. The molecular formula is C40H51NO3Si2. The van der Waals surface area contributed by atoms with Crippen LogP contribution in [0, 0.1) is 0 Å². The maximum absolute atomic E-state index is 11.1. The fraction of sp³-hybridized carbons (Fsp3) is 0.400. The molecule has 4 aromatic carbocycles. The second-order valence-corrected chi connectivity index (χ2v) is 24.0. The molecule has 6 heteroatoms. The van der Waals surface area contributed by atoms with E-state index in [1.54, 1.807) is 0 Å². The van der Waals surface area contributed by atoms with Crippen LogP contribution in [0.5, 0.6) is 0 Å². The second kappa shape index (κ2) is 12.6. The van der Waals surface area contributed by atoms with Crippen LogP contribution in [0.2, 0.25) is 10.1 Å². The number of nitrogens with zero attached hydrogens (tertiary/aromatic N) is 1. The molecular weight excluding hydrogens is 599 g/mol. The number of fused-ring (bicyclic) bond motifs is 1. The van der Waals surface area contributed by atoms with Gasteiger partial charge in [-0.05, 0) is 43.7 Å². The quantitative estimate of drug-likeness (QED) is 0.236. The number of hydrogen-bond donors (Lipinski definition) is 1. The van der Waals surface area contributed by atoms with Crippen molar-refractivity contribution in [2.75, 3.05) is 19.7 Å². The average molecular weight is 650 g/mol. The molecule has 0 aliphatic carbocycles. The molecule has 0 radical (unpaired) electrons. The maximum atomic E-state index is 11.1. The van der Waals surface area contributed by atoms with E-state index in [1.165, 1.54) is 20.7 Å². The Morgan fingerprint density at radius 3 is 1.07 bits per heavy atom. The van der Waals surface area contributed by atoms with E-state index in [1.807, 2.05) is 0 Å². The highest BCUT2D eigenvalue weighted by molar-refractivity contribution is 7.00. The largest absolute Gasteiger partial charge is 0.403 e. The molecule has 6 rings (SSSR count). The van der Waals surface area contributed by atoms with E-state index < -0.39 is 16.6 Å². The smallest absolute Gasteiger partial charge is 0.261 e. The van der Waals surface area contributed by atoms with E-state index >= 15 is 0 Å². The fourth-order valence-electron chi connectivity index (χ4n) is 8.54. The van der Waals surface area contributed by atoms with Gasteiger partial charge < -0.3 is 14.0 Å². The lowest BCUT2D eigenvalue weighted by molar-refractivity contribution is 0.0979. The molecule has 3 atom stereocenters. The van der Waals surface area contributed by atoms with Crippen LogP contribution in [-0.2, 0) is 8.85 Å². The Morgan fingerprint density at radius 1 is 0.565 bits per heavy atom. The Balaban J connectivity index is 1.32. The third-order valence-corrected chi connectivity index (χ3v) is 20.7. The van der Waals surface area contributed by atoms with Crippen molar-refractivity contribution in [1.82, 2.24) is 4.90 Å². The summed E-state index contributed by atoms with van der Waals surface area (Å²) in [6.07, 6.45) is 1.64. The predicted molar refractivity (Wildman–Crippen MR) is 196 cm³/mol. The first kappa shape index (κ1) is 33.1. The molecule has 242 valence electrons. The molecule has 2 fully saturated rings. The van der Waals surface area contributed by atoms with Gasteiger partial charge in [0.15, 0.2) is 0 Å². The molecule has 1 N–H and O–H groups in total. The minimum Gasteiger partial charge on any atom is -0.403 e. The summed E-state index contributed by atoms with van der Waals surface area (Å²) in [6, 6.07) is 43.6. The highest BCUT2D eigenvalue weighted by atomic mass is 28.4. The zero-order valence-corrected chi connectivity index (χ0v) is 30.4. The van der Waals surface area contributed by atoms with Crippen LogP contribution in [-0.4, -0.2) is 64.1 Å². The first-order valence-corrected chi connectivity index (χ1v) is 20.7. The van der Waals surface area contributed by atoms with Crippen LogP contribution in [0.25, 0.3) is 0 Å². The minimum absolute atomic E-state index is 0.0206. The minimum atomic E-state index is -2.71. The highest BCUT2D eigenvalue weighted by Crippen LogP contribution is 2.46. The first-order chi connectivity index (χ1) is 22.0. The van der Waals surface area contributed by atoms with E-state index in [4.69, 9.17) is 8.85 Å². The summed E-state index contributed by atoms with van der Waals surface area (Å²) in [4.78, 5) is 2.50. The second-order valence-electron chi connectivity index (χ2n) is 15.5. The lowest BCUT2D eigenvalue weighted by Crippen LogP contribution is -2.68. The van der Waals surface area contributed by atoms with Gasteiger partial charge in [0.25, 0.3) is 16.6 Å². The van der Waals surface area contributed by atoms with Crippen molar-refractivity contribution in [1.29, 1.82) is 0 Å². The summed E-state index contributed by atoms with van der Waals surface area (Å²) >= 11 is 0. The number of benzene rings is 4. The molecule has 0 saturated carbocycles. The Hall–Kier alpha value is -2.85. The molecule has 2 heterocycles. The van der Waals surface area contributed by atoms with Gasteiger partial charge in [-0.25, -0.2) is 0 Å². The normalized spacial score (nSPS) is 22.6. The summed E-state index contributed by atoms with van der Waals surface area (Å²) in [5.41, 5.74) is -0.355. The molecule has 46 heavy (non-hydrogen) atoms. The van der Waals surface area contributed by atoms with Crippen molar-refractivity contribution in [3.8, 4) is 0 Å². The summed E-state index contributed by atoms with van der Waals surface area (Å²) in [5.74, 6) is 0. The molecule has 0 aromatic heterocycles. The van der Waals surface area contributed by atoms with Gasteiger partial charge in [-0.1, -0.05) is 163 Å². The molecule has 0 bridgehead atoms. The van der Waals surface area contributed by atoms with E-state index in [2.05, 4.69) is 168 Å². The van der Waals surface area contributed by atoms with Crippen molar-refractivity contribution in [2.24, 2.45) is 0 Å². The van der Waals surface area contributed by atoms with Gasteiger partial charge in [0, 0.05) is 18.6 Å². The van der Waals surface area contributed by atoms with E-state index in [-0.39, 0.29) is 34.4 Å². The molecule has 4 nitrogen and oxygen atoms in total.